The van der Waals surface area contributed by atoms with Gasteiger partial charge in [0.2, 0.25) is 11.9 Å². The van der Waals surface area contributed by atoms with Gasteiger partial charge in [-0.3, -0.25) is 0 Å². The lowest BCUT2D eigenvalue weighted by atomic mass is 10.3. The fourth-order valence-corrected chi connectivity index (χ4v) is 3.52. The van der Waals surface area contributed by atoms with Gasteiger partial charge >= 0.3 is 0 Å². The number of hydrogen-bond acceptors (Lipinski definition) is 8. The summed E-state index contributed by atoms with van der Waals surface area (Å²) in [6.45, 7) is 11.1. The van der Waals surface area contributed by atoms with Crippen LogP contribution in [0.4, 0.5) is 17.7 Å². The van der Waals surface area contributed by atoms with Crippen molar-refractivity contribution in [2.75, 3.05) is 73.6 Å². The Balaban J connectivity index is 1.38. The van der Waals surface area contributed by atoms with E-state index in [1.807, 2.05) is 18.3 Å². The predicted molar refractivity (Wildman–Crippen MR) is 103 cm³/mol. The molecule has 0 aromatic carbocycles. The molecule has 2 aromatic rings. The molecular formula is C18H26N8. The van der Waals surface area contributed by atoms with Crippen LogP contribution in [0.5, 0.6) is 0 Å². The van der Waals surface area contributed by atoms with E-state index in [0.717, 1.165) is 76.6 Å². The summed E-state index contributed by atoms with van der Waals surface area (Å²) in [6, 6.07) is 3.86. The number of rotatable bonds is 4. The Morgan fingerprint density at radius 2 is 1.31 bits per heavy atom. The molecule has 8 nitrogen and oxygen atoms in total. The first-order chi connectivity index (χ1) is 12.8. The van der Waals surface area contributed by atoms with E-state index in [-0.39, 0.29) is 0 Å². The number of likely N-dealkylation sites (N-methyl/N-ethyl adjacent to an activating group) is 1. The van der Waals surface area contributed by atoms with Crippen molar-refractivity contribution in [3.8, 4) is 0 Å². The van der Waals surface area contributed by atoms with Crippen molar-refractivity contribution in [2.45, 2.75) is 6.92 Å². The zero-order valence-electron chi connectivity index (χ0n) is 15.3. The Kier molecular flexibility index (Phi) is 5.10. The quantitative estimate of drug-likeness (QED) is 0.796. The van der Waals surface area contributed by atoms with Crippen molar-refractivity contribution in [2.24, 2.45) is 0 Å². The van der Waals surface area contributed by atoms with Crippen LogP contribution in [0.25, 0.3) is 0 Å². The molecule has 4 heterocycles. The van der Waals surface area contributed by atoms with E-state index >= 15 is 0 Å². The summed E-state index contributed by atoms with van der Waals surface area (Å²) in [6.07, 6.45) is 5.48. The Morgan fingerprint density at radius 1 is 0.731 bits per heavy atom. The molecule has 0 N–H and O–H groups in total. The standard InChI is InChI=1S/C18H26N8/c1-2-23-8-10-26(11-9-23)18-21-7-4-16(22-18)24-12-14-25(15-13-24)17-19-5-3-6-20-17/h3-7H,2,8-15H2,1H3. The maximum atomic E-state index is 4.84. The minimum atomic E-state index is 0.810. The molecule has 2 aliphatic rings. The molecule has 2 saturated heterocycles. The second kappa shape index (κ2) is 7.82. The second-order valence-corrected chi connectivity index (χ2v) is 6.66. The van der Waals surface area contributed by atoms with Crippen molar-refractivity contribution >= 4 is 17.7 Å². The highest BCUT2D eigenvalue weighted by molar-refractivity contribution is 5.46. The topological polar surface area (TPSA) is 64.5 Å². The molecule has 0 aliphatic carbocycles. The van der Waals surface area contributed by atoms with Crippen molar-refractivity contribution in [3.63, 3.8) is 0 Å². The van der Waals surface area contributed by atoms with Gasteiger partial charge in [-0.2, -0.15) is 4.98 Å². The van der Waals surface area contributed by atoms with Crippen LogP contribution in [0.15, 0.2) is 30.7 Å². The molecule has 2 aromatic heterocycles. The first-order valence-electron chi connectivity index (χ1n) is 9.41. The van der Waals surface area contributed by atoms with E-state index in [9.17, 15) is 0 Å². The van der Waals surface area contributed by atoms with Crippen LogP contribution in [0.3, 0.4) is 0 Å². The van der Waals surface area contributed by atoms with Crippen LogP contribution >= 0.6 is 0 Å². The minimum absolute atomic E-state index is 0.810. The SMILES string of the molecule is CCN1CCN(c2nccc(N3CCN(c4ncccn4)CC3)n2)CC1. The summed E-state index contributed by atoms with van der Waals surface area (Å²) in [5.41, 5.74) is 0. The third-order valence-corrected chi connectivity index (χ3v) is 5.17. The zero-order valence-corrected chi connectivity index (χ0v) is 15.3. The number of hydrogen-bond donors (Lipinski definition) is 0. The van der Waals surface area contributed by atoms with Gasteiger partial charge < -0.3 is 19.6 Å². The van der Waals surface area contributed by atoms with Crippen molar-refractivity contribution in [3.05, 3.63) is 30.7 Å². The monoisotopic (exact) mass is 354 g/mol. The number of anilines is 3. The summed E-state index contributed by atoms with van der Waals surface area (Å²) in [5.74, 6) is 2.68. The van der Waals surface area contributed by atoms with Crippen LogP contribution in [0, 0.1) is 0 Å². The van der Waals surface area contributed by atoms with Crippen LogP contribution in [0.2, 0.25) is 0 Å². The number of piperazine rings is 2. The average molecular weight is 354 g/mol. The molecule has 0 spiro atoms. The third-order valence-electron chi connectivity index (χ3n) is 5.17. The Hall–Kier alpha value is -2.48. The lowest BCUT2D eigenvalue weighted by molar-refractivity contribution is 0.270. The fraction of sp³-hybridized carbons (Fsp3) is 0.556. The van der Waals surface area contributed by atoms with E-state index in [0.29, 0.717) is 0 Å². The molecule has 0 radical (unpaired) electrons. The summed E-state index contributed by atoms with van der Waals surface area (Å²) in [4.78, 5) is 27.4. The van der Waals surface area contributed by atoms with Gasteiger partial charge in [-0.05, 0) is 18.7 Å². The van der Waals surface area contributed by atoms with Crippen molar-refractivity contribution in [1.29, 1.82) is 0 Å². The molecule has 0 amide bonds. The summed E-state index contributed by atoms with van der Waals surface area (Å²) < 4.78 is 0. The average Bonchev–Trinajstić information content (AvgIpc) is 2.75. The van der Waals surface area contributed by atoms with Crippen molar-refractivity contribution < 1.29 is 0 Å². The molecule has 2 aliphatic heterocycles. The van der Waals surface area contributed by atoms with E-state index in [4.69, 9.17) is 4.98 Å². The molecule has 2 fully saturated rings. The maximum absolute atomic E-state index is 4.84. The molecule has 0 unspecified atom stereocenters. The van der Waals surface area contributed by atoms with E-state index in [2.05, 4.69) is 41.5 Å². The van der Waals surface area contributed by atoms with Crippen LogP contribution in [0.1, 0.15) is 6.92 Å². The highest BCUT2D eigenvalue weighted by atomic mass is 15.4. The molecule has 26 heavy (non-hydrogen) atoms. The van der Waals surface area contributed by atoms with Gasteiger partial charge in [0.15, 0.2) is 0 Å². The highest BCUT2D eigenvalue weighted by Gasteiger charge is 2.22. The molecule has 8 heteroatoms. The lowest BCUT2D eigenvalue weighted by Crippen LogP contribution is -2.48. The molecular weight excluding hydrogens is 328 g/mol. The van der Waals surface area contributed by atoms with Gasteiger partial charge in [0, 0.05) is 70.9 Å². The number of aromatic nitrogens is 4. The first kappa shape index (κ1) is 17.0. The van der Waals surface area contributed by atoms with E-state index in [1.165, 1.54) is 0 Å². The summed E-state index contributed by atoms with van der Waals surface area (Å²) >= 11 is 0. The maximum Gasteiger partial charge on any atom is 0.227 e. The van der Waals surface area contributed by atoms with Gasteiger partial charge in [-0.1, -0.05) is 6.92 Å². The Labute approximate surface area is 154 Å². The van der Waals surface area contributed by atoms with Crippen LogP contribution in [-0.2, 0) is 0 Å². The fourth-order valence-electron chi connectivity index (χ4n) is 3.52. The first-order valence-corrected chi connectivity index (χ1v) is 9.41. The molecule has 0 atom stereocenters. The summed E-state index contributed by atoms with van der Waals surface area (Å²) in [7, 11) is 0. The van der Waals surface area contributed by atoms with E-state index in [1.54, 1.807) is 12.4 Å². The van der Waals surface area contributed by atoms with Crippen molar-refractivity contribution in [1.82, 2.24) is 24.8 Å². The third kappa shape index (κ3) is 3.70. The zero-order chi connectivity index (χ0) is 17.8. The van der Waals surface area contributed by atoms with Gasteiger partial charge in [0.25, 0.3) is 0 Å². The molecule has 138 valence electrons. The Morgan fingerprint density at radius 3 is 2.00 bits per heavy atom. The second-order valence-electron chi connectivity index (χ2n) is 6.66. The minimum Gasteiger partial charge on any atom is -0.353 e. The smallest absolute Gasteiger partial charge is 0.227 e. The Bertz CT molecular complexity index is 693. The van der Waals surface area contributed by atoms with Gasteiger partial charge in [0.1, 0.15) is 5.82 Å². The van der Waals surface area contributed by atoms with Crippen LogP contribution < -0.4 is 14.7 Å². The predicted octanol–water partition coefficient (Wildman–Crippen LogP) is 0.735. The van der Waals surface area contributed by atoms with Gasteiger partial charge in [-0.25, -0.2) is 15.0 Å². The van der Waals surface area contributed by atoms with Gasteiger partial charge in [-0.15, -0.1) is 0 Å². The highest BCUT2D eigenvalue weighted by Crippen LogP contribution is 2.19. The van der Waals surface area contributed by atoms with Gasteiger partial charge in [0.05, 0.1) is 0 Å². The lowest BCUT2D eigenvalue weighted by Gasteiger charge is -2.36. The largest absolute Gasteiger partial charge is 0.353 e. The normalized spacial score (nSPS) is 19.0. The summed E-state index contributed by atoms with van der Waals surface area (Å²) in [5, 5.41) is 0. The molecule has 4 rings (SSSR count). The van der Waals surface area contributed by atoms with Crippen LogP contribution in [-0.4, -0.2) is 83.7 Å². The van der Waals surface area contributed by atoms with E-state index < -0.39 is 0 Å². The molecule has 0 saturated carbocycles. The molecule has 0 bridgehead atoms. The number of nitrogens with zero attached hydrogens (tertiary/aromatic N) is 8.